The smallest absolute Gasteiger partial charge is 0.234 e. The highest BCUT2D eigenvalue weighted by atomic mass is 32.1. The maximum Gasteiger partial charge on any atom is 0.234 e. The predicted molar refractivity (Wildman–Crippen MR) is 84.0 cm³/mol. The van der Waals surface area contributed by atoms with Crippen LogP contribution < -0.4 is 10.6 Å². The van der Waals surface area contributed by atoms with Gasteiger partial charge < -0.3 is 10.6 Å². The van der Waals surface area contributed by atoms with Crippen LogP contribution in [0.2, 0.25) is 0 Å². The summed E-state index contributed by atoms with van der Waals surface area (Å²) in [7, 11) is 0. The molecule has 4 nitrogen and oxygen atoms in total. The molecule has 1 aliphatic heterocycles. The number of rotatable bonds is 7. The molecule has 1 fully saturated rings. The van der Waals surface area contributed by atoms with Crippen LogP contribution in [0.4, 0.5) is 0 Å². The second-order valence-corrected chi connectivity index (χ2v) is 6.40. The summed E-state index contributed by atoms with van der Waals surface area (Å²) < 4.78 is 0. The Balaban J connectivity index is 1.84. The SMILES string of the molecule is CCCN(CC(=O)NC(C)c1cccs1)C1CCNC1. The van der Waals surface area contributed by atoms with Crippen LogP contribution in [0.25, 0.3) is 0 Å². The highest BCUT2D eigenvalue weighted by Gasteiger charge is 2.24. The molecule has 20 heavy (non-hydrogen) atoms. The maximum absolute atomic E-state index is 12.2. The van der Waals surface area contributed by atoms with E-state index >= 15 is 0 Å². The van der Waals surface area contributed by atoms with Gasteiger partial charge in [-0.1, -0.05) is 13.0 Å². The Bertz CT molecular complexity index is 401. The van der Waals surface area contributed by atoms with E-state index in [-0.39, 0.29) is 11.9 Å². The van der Waals surface area contributed by atoms with Crippen LogP contribution in [0.1, 0.15) is 37.6 Å². The quantitative estimate of drug-likeness (QED) is 0.809. The molecule has 5 heteroatoms. The average molecular weight is 295 g/mol. The van der Waals surface area contributed by atoms with Crippen molar-refractivity contribution in [2.75, 3.05) is 26.2 Å². The summed E-state index contributed by atoms with van der Waals surface area (Å²) in [5.74, 6) is 0.131. The minimum atomic E-state index is 0.104. The van der Waals surface area contributed by atoms with E-state index in [0.717, 1.165) is 32.5 Å². The van der Waals surface area contributed by atoms with E-state index < -0.39 is 0 Å². The number of thiophene rings is 1. The van der Waals surface area contributed by atoms with Crippen molar-refractivity contribution in [2.24, 2.45) is 0 Å². The summed E-state index contributed by atoms with van der Waals surface area (Å²) in [5, 5.41) is 8.53. The highest BCUT2D eigenvalue weighted by molar-refractivity contribution is 7.10. The molecule has 0 radical (unpaired) electrons. The lowest BCUT2D eigenvalue weighted by molar-refractivity contribution is -0.123. The van der Waals surface area contributed by atoms with E-state index in [1.807, 2.05) is 18.4 Å². The van der Waals surface area contributed by atoms with Crippen molar-refractivity contribution in [3.8, 4) is 0 Å². The normalized spacial score (nSPS) is 20.2. The molecule has 112 valence electrons. The van der Waals surface area contributed by atoms with Gasteiger partial charge in [0.15, 0.2) is 0 Å². The lowest BCUT2D eigenvalue weighted by atomic mass is 10.2. The summed E-state index contributed by atoms with van der Waals surface area (Å²) in [5.41, 5.74) is 0. The maximum atomic E-state index is 12.2. The fourth-order valence-corrected chi connectivity index (χ4v) is 3.44. The topological polar surface area (TPSA) is 44.4 Å². The second-order valence-electron chi connectivity index (χ2n) is 5.42. The van der Waals surface area contributed by atoms with Gasteiger partial charge in [0.05, 0.1) is 12.6 Å². The fourth-order valence-electron chi connectivity index (χ4n) is 2.71. The molecule has 2 atom stereocenters. The van der Waals surface area contributed by atoms with E-state index in [4.69, 9.17) is 0 Å². The summed E-state index contributed by atoms with van der Waals surface area (Å²) in [6.07, 6.45) is 2.23. The molecule has 2 unspecified atom stereocenters. The molecule has 1 aromatic rings. The zero-order valence-corrected chi connectivity index (χ0v) is 13.2. The molecule has 0 bridgehead atoms. The number of nitrogens with one attached hydrogen (secondary N) is 2. The first-order valence-electron chi connectivity index (χ1n) is 7.48. The van der Waals surface area contributed by atoms with Gasteiger partial charge in [-0.25, -0.2) is 0 Å². The lowest BCUT2D eigenvalue weighted by Crippen LogP contribution is -2.44. The lowest BCUT2D eigenvalue weighted by Gasteiger charge is -2.27. The Labute approximate surface area is 125 Å². The Morgan fingerprint density at radius 3 is 3.10 bits per heavy atom. The van der Waals surface area contributed by atoms with E-state index in [2.05, 4.69) is 28.5 Å². The minimum absolute atomic E-state index is 0.104. The first-order valence-corrected chi connectivity index (χ1v) is 8.36. The van der Waals surface area contributed by atoms with Gasteiger partial charge in [-0.05, 0) is 44.3 Å². The summed E-state index contributed by atoms with van der Waals surface area (Å²) in [4.78, 5) is 15.7. The minimum Gasteiger partial charge on any atom is -0.348 e. The third-order valence-electron chi connectivity index (χ3n) is 3.76. The number of carbonyl (C=O) groups is 1. The van der Waals surface area contributed by atoms with Crippen molar-refractivity contribution in [1.82, 2.24) is 15.5 Å². The fraction of sp³-hybridized carbons (Fsp3) is 0.667. The number of hydrogen-bond donors (Lipinski definition) is 2. The van der Waals surface area contributed by atoms with Crippen molar-refractivity contribution < 1.29 is 4.79 Å². The van der Waals surface area contributed by atoms with E-state index in [0.29, 0.717) is 12.6 Å². The molecule has 0 saturated carbocycles. The molecular weight excluding hydrogens is 270 g/mol. The molecule has 2 rings (SSSR count). The van der Waals surface area contributed by atoms with E-state index in [1.54, 1.807) is 11.3 Å². The Hall–Kier alpha value is -0.910. The number of hydrogen-bond acceptors (Lipinski definition) is 4. The molecule has 0 aliphatic carbocycles. The summed E-state index contributed by atoms with van der Waals surface area (Å²) in [6.45, 7) is 7.79. The summed E-state index contributed by atoms with van der Waals surface area (Å²) in [6, 6.07) is 4.71. The number of carbonyl (C=O) groups excluding carboxylic acids is 1. The Morgan fingerprint density at radius 2 is 2.50 bits per heavy atom. The van der Waals surface area contributed by atoms with Crippen LogP contribution >= 0.6 is 11.3 Å². The largest absolute Gasteiger partial charge is 0.348 e. The van der Waals surface area contributed by atoms with Crippen molar-refractivity contribution in [3.05, 3.63) is 22.4 Å². The van der Waals surface area contributed by atoms with Crippen molar-refractivity contribution in [3.63, 3.8) is 0 Å². The van der Waals surface area contributed by atoms with Gasteiger partial charge in [-0.2, -0.15) is 0 Å². The van der Waals surface area contributed by atoms with Crippen LogP contribution in [0.15, 0.2) is 17.5 Å². The predicted octanol–water partition coefficient (Wildman–Crippen LogP) is 2.00. The molecular formula is C15H25N3OS. The second kappa shape index (κ2) is 7.76. The molecule has 1 amide bonds. The third kappa shape index (κ3) is 4.30. The third-order valence-corrected chi connectivity index (χ3v) is 4.81. The standard InChI is InChI=1S/C15H25N3OS/c1-3-8-18(13-6-7-16-10-13)11-15(19)17-12(2)14-5-4-9-20-14/h4-5,9,12-13,16H,3,6-8,10-11H2,1-2H3,(H,17,19). The van der Waals surface area contributed by atoms with Gasteiger partial charge in [0.2, 0.25) is 5.91 Å². The van der Waals surface area contributed by atoms with Crippen LogP contribution in [0.3, 0.4) is 0 Å². The Morgan fingerprint density at radius 1 is 1.65 bits per heavy atom. The molecule has 1 aliphatic rings. The number of amides is 1. The van der Waals surface area contributed by atoms with E-state index in [1.165, 1.54) is 4.88 Å². The summed E-state index contributed by atoms with van der Waals surface area (Å²) >= 11 is 1.69. The molecule has 1 aromatic heterocycles. The molecule has 0 aromatic carbocycles. The van der Waals surface area contributed by atoms with E-state index in [9.17, 15) is 4.79 Å². The highest BCUT2D eigenvalue weighted by Crippen LogP contribution is 2.18. The zero-order valence-electron chi connectivity index (χ0n) is 12.4. The molecule has 0 spiro atoms. The van der Waals surface area contributed by atoms with Gasteiger partial charge in [0, 0.05) is 17.5 Å². The first-order chi connectivity index (χ1) is 9.70. The van der Waals surface area contributed by atoms with Crippen LogP contribution in [-0.2, 0) is 4.79 Å². The van der Waals surface area contributed by atoms with Gasteiger partial charge in [0.25, 0.3) is 0 Å². The van der Waals surface area contributed by atoms with Crippen molar-refractivity contribution in [2.45, 2.75) is 38.8 Å². The van der Waals surface area contributed by atoms with Crippen molar-refractivity contribution >= 4 is 17.2 Å². The van der Waals surface area contributed by atoms with Gasteiger partial charge >= 0.3 is 0 Å². The molecule has 2 heterocycles. The number of nitrogens with zero attached hydrogens (tertiary/aromatic N) is 1. The van der Waals surface area contributed by atoms with Gasteiger partial charge in [-0.15, -0.1) is 11.3 Å². The van der Waals surface area contributed by atoms with Crippen molar-refractivity contribution in [1.29, 1.82) is 0 Å². The van der Waals surface area contributed by atoms with Crippen LogP contribution in [0.5, 0.6) is 0 Å². The Kier molecular flexibility index (Phi) is 6.01. The van der Waals surface area contributed by atoms with Gasteiger partial charge in [0.1, 0.15) is 0 Å². The van der Waals surface area contributed by atoms with Crippen LogP contribution in [0, 0.1) is 0 Å². The van der Waals surface area contributed by atoms with Gasteiger partial charge in [-0.3, -0.25) is 9.69 Å². The zero-order chi connectivity index (χ0) is 14.4. The average Bonchev–Trinajstić information content (AvgIpc) is 3.11. The molecule has 2 N–H and O–H groups in total. The monoisotopic (exact) mass is 295 g/mol. The van der Waals surface area contributed by atoms with Crippen LogP contribution in [-0.4, -0.2) is 43.0 Å². The first kappa shape index (κ1) is 15.5. The molecule has 1 saturated heterocycles.